The van der Waals surface area contributed by atoms with E-state index in [4.69, 9.17) is 5.73 Å². The molecule has 0 aromatic carbocycles. The van der Waals surface area contributed by atoms with Crippen molar-refractivity contribution in [2.24, 2.45) is 0 Å². The number of nitrogens with two attached hydrogens (primary N) is 1. The van der Waals surface area contributed by atoms with Crippen LogP contribution in [-0.4, -0.2) is 26.9 Å². The monoisotopic (exact) mass is 224 g/mol. The molecule has 16 heavy (non-hydrogen) atoms. The second-order valence-electron chi connectivity index (χ2n) is 4.11. The minimum Gasteiger partial charge on any atom is -0.398 e. The van der Waals surface area contributed by atoms with Gasteiger partial charge in [-0.15, -0.1) is 0 Å². The molecule has 4 N–H and O–H groups in total. The fraction of sp³-hybridized carbons (Fsp3) is 0.583. The molecule has 1 unspecified atom stereocenters. The van der Waals surface area contributed by atoms with Crippen molar-refractivity contribution in [3.8, 4) is 0 Å². The molecule has 0 aliphatic heterocycles. The molecule has 0 fully saturated rings. The zero-order valence-corrected chi connectivity index (χ0v) is 9.85. The number of rotatable bonds is 5. The third kappa shape index (κ3) is 2.71. The highest BCUT2D eigenvalue weighted by atomic mass is 16.3. The van der Waals surface area contributed by atoms with Crippen LogP contribution in [0, 0.1) is 0 Å². The molecule has 1 heterocycles. The average Bonchev–Trinajstić information content (AvgIpc) is 2.31. The molecule has 90 valence electrons. The summed E-state index contributed by atoms with van der Waals surface area (Å²) >= 11 is 0. The van der Waals surface area contributed by atoms with Gasteiger partial charge in [-0.2, -0.15) is 0 Å². The maximum Gasteiger partial charge on any atom is 0.0903 e. The van der Waals surface area contributed by atoms with Gasteiger partial charge in [0.15, 0.2) is 0 Å². The third-order valence-corrected chi connectivity index (χ3v) is 3.20. The number of aliphatic hydroxyl groups is 2. The first-order valence-electron chi connectivity index (χ1n) is 5.62. The average molecular weight is 224 g/mol. The topological polar surface area (TPSA) is 79.4 Å². The van der Waals surface area contributed by atoms with Crippen LogP contribution in [0.25, 0.3) is 0 Å². The van der Waals surface area contributed by atoms with E-state index < -0.39 is 11.7 Å². The van der Waals surface area contributed by atoms with Crippen molar-refractivity contribution in [3.05, 3.63) is 24.0 Å². The number of aliphatic hydroxyl groups excluding tert-OH is 1. The lowest BCUT2D eigenvalue weighted by Crippen LogP contribution is -2.42. The maximum atomic E-state index is 10.1. The number of pyridine rings is 1. The molecular formula is C12H20N2O2. The molecule has 1 aromatic rings. The maximum absolute atomic E-state index is 10.1. The standard InChI is InChI=1S/C12H20N2O2/c1-3-12(16,4-2)11(15)7-9-8-14-6-5-10(9)13/h5-6,8,11,15-16H,3-4,7H2,1-2H3,(H2,13,14). The zero-order valence-electron chi connectivity index (χ0n) is 9.85. The summed E-state index contributed by atoms with van der Waals surface area (Å²) in [5.41, 5.74) is 6.10. The first-order valence-corrected chi connectivity index (χ1v) is 5.62. The molecular weight excluding hydrogens is 204 g/mol. The van der Waals surface area contributed by atoms with Crippen molar-refractivity contribution in [2.75, 3.05) is 5.73 Å². The van der Waals surface area contributed by atoms with Crippen LogP contribution in [0.4, 0.5) is 5.69 Å². The van der Waals surface area contributed by atoms with E-state index in [1.807, 2.05) is 13.8 Å². The molecule has 4 heteroatoms. The van der Waals surface area contributed by atoms with Gasteiger partial charge in [0.05, 0.1) is 11.7 Å². The summed E-state index contributed by atoms with van der Waals surface area (Å²) in [5.74, 6) is 0. The summed E-state index contributed by atoms with van der Waals surface area (Å²) in [6.45, 7) is 3.72. The van der Waals surface area contributed by atoms with E-state index in [9.17, 15) is 10.2 Å². The van der Waals surface area contributed by atoms with Crippen LogP contribution in [0.3, 0.4) is 0 Å². The highest BCUT2D eigenvalue weighted by Gasteiger charge is 2.32. The Balaban J connectivity index is 2.78. The van der Waals surface area contributed by atoms with Crippen LogP contribution >= 0.6 is 0 Å². The molecule has 1 rings (SSSR count). The van der Waals surface area contributed by atoms with Crippen molar-refractivity contribution in [3.63, 3.8) is 0 Å². The summed E-state index contributed by atoms with van der Waals surface area (Å²) < 4.78 is 0. The van der Waals surface area contributed by atoms with Gasteiger partial charge >= 0.3 is 0 Å². The molecule has 0 aliphatic carbocycles. The van der Waals surface area contributed by atoms with E-state index in [1.165, 1.54) is 0 Å². The minimum atomic E-state index is -1.04. The number of nitrogens with zero attached hydrogens (tertiary/aromatic N) is 1. The summed E-state index contributed by atoms with van der Waals surface area (Å²) in [5, 5.41) is 20.2. The van der Waals surface area contributed by atoms with E-state index in [-0.39, 0.29) is 0 Å². The van der Waals surface area contributed by atoms with Crippen LogP contribution in [0.1, 0.15) is 32.3 Å². The molecule has 4 nitrogen and oxygen atoms in total. The number of hydrogen-bond acceptors (Lipinski definition) is 4. The fourth-order valence-electron chi connectivity index (χ4n) is 1.73. The van der Waals surface area contributed by atoms with E-state index in [0.29, 0.717) is 24.9 Å². The van der Waals surface area contributed by atoms with Crippen LogP contribution in [0.15, 0.2) is 18.5 Å². The molecule has 1 atom stereocenters. The van der Waals surface area contributed by atoms with Crippen molar-refractivity contribution in [1.29, 1.82) is 0 Å². The van der Waals surface area contributed by atoms with E-state index in [1.54, 1.807) is 18.5 Å². The van der Waals surface area contributed by atoms with E-state index in [0.717, 1.165) is 5.56 Å². The lowest BCUT2D eigenvalue weighted by atomic mass is 9.87. The number of nitrogen functional groups attached to an aromatic ring is 1. The van der Waals surface area contributed by atoms with Gasteiger partial charge in [0.1, 0.15) is 0 Å². The summed E-state index contributed by atoms with van der Waals surface area (Å²) in [4.78, 5) is 3.96. The third-order valence-electron chi connectivity index (χ3n) is 3.20. The highest BCUT2D eigenvalue weighted by Crippen LogP contribution is 2.23. The van der Waals surface area contributed by atoms with Gasteiger partial charge in [0, 0.05) is 24.5 Å². The van der Waals surface area contributed by atoms with E-state index >= 15 is 0 Å². The van der Waals surface area contributed by atoms with Gasteiger partial charge in [-0.1, -0.05) is 13.8 Å². The second kappa shape index (κ2) is 5.27. The summed E-state index contributed by atoms with van der Waals surface area (Å²) in [6, 6.07) is 1.69. The second-order valence-corrected chi connectivity index (χ2v) is 4.11. The number of anilines is 1. The molecule has 0 saturated carbocycles. The van der Waals surface area contributed by atoms with Crippen molar-refractivity contribution >= 4 is 5.69 Å². The van der Waals surface area contributed by atoms with Crippen LogP contribution in [0.2, 0.25) is 0 Å². The summed E-state index contributed by atoms with van der Waals surface area (Å²) in [6.07, 6.45) is 3.79. The normalized spacial score (nSPS) is 13.8. The van der Waals surface area contributed by atoms with Crippen molar-refractivity contribution in [1.82, 2.24) is 4.98 Å². The molecule has 0 radical (unpaired) electrons. The van der Waals surface area contributed by atoms with Crippen LogP contribution in [0.5, 0.6) is 0 Å². The molecule has 0 aliphatic rings. The minimum absolute atomic E-state index is 0.331. The Bertz CT molecular complexity index is 338. The van der Waals surface area contributed by atoms with Gasteiger partial charge in [-0.05, 0) is 24.5 Å². The lowest BCUT2D eigenvalue weighted by molar-refractivity contribution is -0.0789. The van der Waals surface area contributed by atoms with Crippen molar-refractivity contribution in [2.45, 2.75) is 44.8 Å². The predicted molar refractivity (Wildman–Crippen MR) is 63.9 cm³/mol. The van der Waals surface area contributed by atoms with Crippen molar-refractivity contribution < 1.29 is 10.2 Å². The SMILES string of the molecule is CCC(O)(CC)C(O)Cc1cnccc1N. The van der Waals surface area contributed by atoms with Crippen LogP contribution in [-0.2, 0) is 6.42 Å². The van der Waals surface area contributed by atoms with Gasteiger partial charge in [-0.3, -0.25) is 4.98 Å². The van der Waals surface area contributed by atoms with Gasteiger partial charge < -0.3 is 15.9 Å². The number of aromatic nitrogens is 1. The fourth-order valence-corrected chi connectivity index (χ4v) is 1.73. The predicted octanol–water partition coefficient (Wildman–Crippen LogP) is 1.12. The van der Waals surface area contributed by atoms with E-state index in [2.05, 4.69) is 4.98 Å². The Hall–Kier alpha value is -1.13. The van der Waals surface area contributed by atoms with Crippen LogP contribution < -0.4 is 5.73 Å². The molecule has 1 aromatic heterocycles. The Kier molecular flexibility index (Phi) is 4.26. The molecule has 0 amide bonds. The van der Waals surface area contributed by atoms with Gasteiger partial charge in [-0.25, -0.2) is 0 Å². The molecule has 0 bridgehead atoms. The zero-order chi connectivity index (χ0) is 12.2. The Labute approximate surface area is 96.1 Å². The lowest BCUT2D eigenvalue weighted by Gasteiger charge is -2.31. The van der Waals surface area contributed by atoms with Gasteiger partial charge in [0.2, 0.25) is 0 Å². The smallest absolute Gasteiger partial charge is 0.0903 e. The quantitative estimate of drug-likeness (QED) is 0.700. The Morgan fingerprint density at radius 2 is 2.06 bits per heavy atom. The Morgan fingerprint density at radius 1 is 1.44 bits per heavy atom. The Morgan fingerprint density at radius 3 is 2.56 bits per heavy atom. The number of hydrogen-bond donors (Lipinski definition) is 3. The largest absolute Gasteiger partial charge is 0.398 e. The van der Waals surface area contributed by atoms with Gasteiger partial charge in [0.25, 0.3) is 0 Å². The highest BCUT2D eigenvalue weighted by molar-refractivity contribution is 5.44. The summed E-state index contributed by atoms with van der Waals surface area (Å²) in [7, 11) is 0. The molecule has 0 saturated heterocycles. The molecule has 0 spiro atoms. The first kappa shape index (κ1) is 12.9. The first-order chi connectivity index (χ1) is 7.53.